The average Bonchev–Trinajstić information content (AvgIpc) is 2.05. The monoisotopic (exact) mass is 222 g/mol. The molecule has 0 saturated carbocycles. The lowest BCUT2D eigenvalue weighted by Gasteiger charge is -1.85. The summed E-state index contributed by atoms with van der Waals surface area (Å²) in [5.41, 5.74) is 1.17. The topological polar surface area (TPSA) is 17.1 Å². The van der Waals surface area contributed by atoms with Crippen molar-refractivity contribution in [2.45, 2.75) is 0 Å². The molecule has 0 aliphatic rings. The Morgan fingerprint density at radius 2 is 1.67 bits per heavy atom. The third-order valence-corrected chi connectivity index (χ3v) is 1.04. The molecule has 66 valence electrons. The molecule has 1 rings (SSSR count). The molecule has 0 heterocycles. The summed E-state index contributed by atoms with van der Waals surface area (Å²) in [6, 6.07) is 10.0. The summed E-state index contributed by atoms with van der Waals surface area (Å²) in [6.45, 7) is 1.45. The van der Waals surface area contributed by atoms with Crippen LogP contribution in [0.4, 0.5) is 0 Å². The van der Waals surface area contributed by atoms with Crippen LogP contribution in [0.1, 0.15) is 5.56 Å². The Hall–Kier alpha value is -0.230. The highest BCUT2D eigenvalue weighted by atomic mass is 35.9. The highest BCUT2D eigenvalue weighted by molar-refractivity contribution is 7.95. The molecular formula is C8H9Cl2OP. The van der Waals surface area contributed by atoms with Gasteiger partial charge in [0.05, 0.1) is 0 Å². The Balaban J connectivity index is 0.000000261. The van der Waals surface area contributed by atoms with Crippen LogP contribution in [-0.4, -0.2) is 0 Å². The maximum atomic E-state index is 9.16. The Morgan fingerprint density at radius 1 is 1.25 bits per heavy atom. The van der Waals surface area contributed by atoms with Gasteiger partial charge in [0.25, 0.3) is 0 Å². The van der Waals surface area contributed by atoms with Crippen molar-refractivity contribution in [3.05, 3.63) is 42.5 Å². The molecular weight excluding hydrogens is 214 g/mol. The second kappa shape index (κ2) is 7.42. The Kier molecular flexibility index (Phi) is 7.28. The van der Waals surface area contributed by atoms with Crippen LogP contribution in [0.5, 0.6) is 0 Å². The lowest BCUT2D eigenvalue weighted by Crippen LogP contribution is -1.63. The lowest BCUT2D eigenvalue weighted by atomic mass is 10.2. The van der Waals surface area contributed by atoms with Crippen molar-refractivity contribution < 1.29 is 4.57 Å². The molecule has 0 spiro atoms. The van der Waals surface area contributed by atoms with Crippen LogP contribution in [0, 0.1) is 0 Å². The maximum absolute atomic E-state index is 9.16. The quantitative estimate of drug-likeness (QED) is 0.652. The SMILES string of the molecule is C=Cc1ccccc1.O=[PH](Cl)Cl. The summed E-state index contributed by atoms with van der Waals surface area (Å²) < 4.78 is 9.16. The largest absolute Gasteiger partial charge is 0.293 e. The molecule has 0 unspecified atom stereocenters. The predicted molar refractivity (Wildman–Crippen MR) is 57.2 cm³/mol. The highest BCUT2D eigenvalue weighted by Crippen LogP contribution is 2.31. The molecule has 0 N–H and O–H groups in total. The van der Waals surface area contributed by atoms with Crippen molar-refractivity contribution in [3.63, 3.8) is 0 Å². The first-order valence-electron chi connectivity index (χ1n) is 3.19. The van der Waals surface area contributed by atoms with Gasteiger partial charge in [0.15, 0.2) is 0 Å². The van der Waals surface area contributed by atoms with Crippen LogP contribution in [0.3, 0.4) is 0 Å². The molecule has 1 aromatic rings. The van der Waals surface area contributed by atoms with Crippen LogP contribution in [-0.2, 0) is 4.57 Å². The molecule has 0 aliphatic carbocycles. The van der Waals surface area contributed by atoms with Crippen LogP contribution in [0.2, 0.25) is 0 Å². The average molecular weight is 223 g/mol. The molecule has 0 atom stereocenters. The van der Waals surface area contributed by atoms with E-state index in [1.54, 1.807) is 0 Å². The van der Waals surface area contributed by atoms with Crippen LogP contribution < -0.4 is 0 Å². The first kappa shape index (κ1) is 11.8. The first-order valence-corrected chi connectivity index (χ1v) is 6.62. The molecule has 12 heavy (non-hydrogen) atoms. The van der Waals surface area contributed by atoms with Gasteiger partial charge >= 0.3 is 0 Å². The molecule has 0 amide bonds. The molecule has 0 aromatic heterocycles. The van der Waals surface area contributed by atoms with Gasteiger partial charge in [-0.25, -0.2) is 0 Å². The summed E-state index contributed by atoms with van der Waals surface area (Å²) >= 11 is 9.17. The van der Waals surface area contributed by atoms with Gasteiger partial charge in [-0.1, -0.05) is 43.0 Å². The Bertz CT molecular complexity index is 244. The second-order valence-corrected chi connectivity index (χ2v) is 4.93. The van der Waals surface area contributed by atoms with E-state index < -0.39 is 6.51 Å². The van der Waals surface area contributed by atoms with Gasteiger partial charge in [-0.2, -0.15) is 0 Å². The number of benzene rings is 1. The number of hydrogen-bond acceptors (Lipinski definition) is 1. The first-order chi connectivity index (χ1) is 5.66. The minimum atomic E-state index is -2.19. The predicted octanol–water partition coefficient (Wildman–Crippen LogP) is 4.18. The van der Waals surface area contributed by atoms with Gasteiger partial charge in [0.2, 0.25) is 6.51 Å². The maximum Gasteiger partial charge on any atom is 0.241 e. The van der Waals surface area contributed by atoms with Crippen molar-refractivity contribution in [1.29, 1.82) is 0 Å². The number of rotatable bonds is 1. The fourth-order valence-electron chi connectivity index (χ4n) is 0.589. The van der Waals surface area contributed by atoms with E-state index >= 15 is 0 Å². The lowest BCUT2D eigenvalue weighted by molar-refractivity contribution is 0.602. The molecule has 0 aliphatic heterocycles. The molecule has 4 heteroatoms. The molecule has 0 saturated heterocycles. The fraction of sp³-hybridized carbons (Fsp3) is 0. The summed E-state index contributed by atoms with van der Waals surface area (Å²) in [6.07, 6.45) is 1.83. The summed E-state index contributed by atoms with van der Waals surface area (Å²) in [7, 11) is 0. The van der Waals surface area contributed by atoms with E-state index in [0.717, 1.165) is 0 Å². The van der Waals surface area contributed by atoms with E-state index in [9.17, 15) is 0 Å². The van der Waals surface area contributed by atoms with E-state index in [4.69, 9.17) is 4.57 Å². The van der Waals surface area contributed by atoms with Gasteiger partial charge in [0.1, 0.15) is 0 Å². The van der Waals surface area contributed by atoms with E-state index in [1.807, 2.05) is 36.4 Å². The van der Waals surface area contributed by atoms with Gasteiger partial charge < -0.3 is 0 Å². The number of hydrogen-bond donors (Lipinski definition) is 0. The summed E-state index contributed by atoms with van der Waals surface area (Å²) in [5, 5.41) is 0. The summed E-state index contributed by atoms with van der Waals surface area (Å²) in [5.74, 6) is 0. The molecule has 1 nitrogen and oxygen atoms in total. The Morgan fingerprint density at radius 3 is 1.92 bits per heavy atom. The zero-order valence-corrected chi connectivity index (χ0v) is 8.85. The third-order valence-electron chi connectivity index (χ3n) is 1.04. The van der Waals surface area contributed by atoms with E-state index in [-0.39, 0.29) is 0 Å². The van der Waals surface area contributed by atoms with Gasteiger partial charge in [-0.05, 0) is 28.0 Å². The van der Waals surface area contributed by atoms with Crippen molar-refractivity contribution in [1.82, 2.24) is 0 Å². The normalized spacial score (nSPS) is 8.58. The van der Waals surface area contributed by atoms with Crippen molar-refractivity contribution in [2.75, 3.05) is 0 Å². The number of halogens is 2. The molecule has 0 fully saturated rings. The van der Waals surface area contributed by atoms with Crippen LogP contribution in [0.25, 0.3) is 6.08 Å². The van der Waals surface area contributed by atoms with Crippen molar-refractivity contribution in [2.24, 2.45) is 0 Å². The van der Waals surface area contributed by atoms with E-state index in [0.29, 0.717) is 0 Å². The molecule has 0 bridgehead atoms. The molecule has 0 radical (unpaired) electrons. The van der Waals surface area contributed by atoms with E-state index in [1.165, 1.54) is 5.56 Å². The van der Waals surface area contributed by atoms with Crippen molar-refractivity contribution in [3.8, 4) is 0 Å². The second-order valence-electron chi connectivity index (χ2n) is 1.84. The zero-order valence-electron chi connectivity index (χ0n) is 6.34. The van der Waals surface area contributed by atoms with Gasteiger partial charge in [0, 0.05) is 0 Å². The Labute approximate surface area is 82.4 Å². The van der Waals surface area contributed by atoms with Gasteiger partial charge in [-0.3, -0.25) is 4.57 Å². The standard InChI is InChI=1S/C8H8.Cl2HOP/c1-2-8-6-4-3-5-7-8;1-4(2)3/h2-7H,1H2;4H. The zero-order chi connectivity index (χ0) is 9.40. The van der Waals surface area contributed by atoms with Crippen LogP contribution in [0.15, 0.2) is 36.9 Å². The minimum absolute atomic E-state index is 1.17. The van der Waals surface area contributed by atoms with Crippen LogP contribution >= 0.6 is 29.0 Å². The van der Waals surface area contributed by atoms with E-state index in [2.05, 4.69) is 29.1 Å². The minimum Gasteiger partial charge on any atom is -0.293 e. The smallest absolute Gasteiger partial charge is 0.241 e. The molecule has 1 aromatic carbocycles. The third kappa shape index (κ3) is 7.87. The van der Waals surface area contributed by atoms with Crippen molar-refractivity contribution >= 4 is 35.1 Å². The van der Waals surface area contributed by atoms with Gasteiger partial charge in [-0.15, -0.1) is 0 Å². The summed E-state index contributed by atoms with van der Waals surface area (Å²) in [4.78, 5) is 0. The highest BCUT2D eigenvalue weighted by Gasteiger charge is 1.75. The fourth-order valence-corrected chi connectivity index (χ4v) is 0.589.